The standard InChI is InChI=1S/C27H36BrN7O3/c1-4-5-6-7-8-9-10-11-12-13-16-35-22-23(34(3)27(38)30-24(22)36)29-26(35)32-31-21-19-17-18(28)14-15-20(19)33(2)25(21)37/h14-15,17,37H,4-13,16H2,1-3H3,(H,30,36,38). The molecule has 4 aromatic rings. The largest absolute Gasteiger partial charge is 0.493 e. The Bertz CT molecular complexity index is 1560. The third-order valence-corrected chi connectivity index (χ3v) is 7.56. The molecule has 0 saturated carbocycles. The van der Waals surface area contributed by atoms with E-state index in [4.69, 9.17) is 0 Å². The number of benzene rings is 1. The van der Waals surface area contributed by atoms with E-state index in [2.05, 4.69) is 43.1 Å². The maximum Gasteiger partial charge on any atom is 0.329 e. The monoisotopic (exact) mass is 585 g/mol. The highest BCUT2D eigenvalue weighted by Crippen LogP contribution is 2.39. The summed E-state index contributed by atoms with van der Waals surface area (Å²) in [7, 11) is 3.31. The van der Waals surface area contributed by atoms with Crippen LogP contribution in [0.1, 0.15) is 71.1 Å². The normalized spacial score (nSPS) is 12.0. The third kappa shape index (κ3) is 5.92. The van der Waals surface area contributed by atoms with Crippen molar-refractivity contribution in [1.29, 1.82) is 0 Å². The van der Waals surface area contributed by atoms with E-state index in [0.717, 1.165) is 34.6 Å². The number of fused-ring (bicyclic) bond motifs is 2. The maximum atomic E-state index is 12.8. The van der Waals surface area contributed by atoms with Gasteiger partial charge in [0.05, 0.1) is 5.52 Å². The highest BCUT2D eigenvalue weighted by Gasteiger charge is 2.19. The van der Waals surface area contributed by atoms with Crippen molar-refractivity contribution in [1.82, 2.24) is 23.7 Å². The van der Waals surface area contributed by atoms with E-state index >= 15 is 0 Å². The van der Waals surface area contributed by atoms with Gasteiger partial charge in [-0.2, -0.15) is 4.98 Å². The van der Waals surface area contributed by atoms with Gasteiger partial charge in [-0.05, 0) is 24.6 Å². The molecule has 0 fully saturated rings. The quantitative estimate of drug-likeness (QED) is 0.133. The fourth-order valence-corrected chi connectivity index (χ4v) is 5.21. The number of azo groups is 1. The van der Waals surface area contributed by atoms with Crippen molar-refractivity contribution < 1.29 is 5.11 Å². The van der Waals surface area contributed by atoms with Crippen LogP contribution in [-0.2, 0) is 20.6 Å². The summed E-state index contributed by atoms with van der Waals surface area (Å²) in [6.45, 7) is 2.76. The smallest absolute Gasteiger partial charge is 0.329 e. The number of rotatable bonds is 13. The number of nitrogens with zero attached hydrogens (tertiary/aromatic N) is 6. The number of halogens is 1. The van der Waals surface area contributed by atoms with Crippen molar-refractivity contribution in [3.05, 3.63) is 43.5 Å². The minimum Gasteiger partial charge on any atom is -0.493 e. The van der Waals surface area contributed by atoms with Crippen molar-refractivity contribution in [2.45, 2.75) is 77.7 Å². The Morgan fingerprint density at radius 2 is 1.61 bits per heavy atom. The minimum absolute atomic E-state index is 0.0237. The molecule has 0 spiro atoms. The van der Waals surface area contributed by atoms with E-state index < -0.39 is 11.2 Å². The maximum absolute atomic E-state index is 12.8. The minimum atomic E-state index is -0.536. The van der Waals surface area contributed by atoms with Crippen molar-refractivity contribution in [3.63, 3.8) is 0 Å². The van der Waals surface area contributed by atoms with Gasteiger partial charge in [0, 0.05) is 30.5 Å². The average Bonchev–Trinajstić information content (AvgIpc) is 3.37. The molecule has 0 radical (unpaired) electrons. The lowest BCUT2D eigenvalue weighted by Gasteiger charge is -2.06. The molecule has 10 nitrogen and oxygen atoms in total. The summed E-state index contributed by atoms with van der Waals surface area (Å²) >= 11 is 3.47. The van der Waals surface area contributed by atoms with Gasteiger partial charge in [0.2, 0.25) is 5.88 Å². The zero-order valence-corrected chi connectivity index (χ0v) is 23.9. The Morgan fingerprint density at radius 3 is 2.29 bits per heavy atom. The molecule has 0 saturated heterocycles. The SMILES string of the molecule is CCCCCCCCCCCCn1c(N=Nc2c(O)n(C)c3ccc(Br)cc23)nc2c1c(=O)[nH]c(=O)n2C. The summed E-state index contributed by atoms with van der Waals surface area (Å²) in [5, 5.41) is 20.1. The number of aromatic nitrogens is 5. The Balaban J connectivity index is 1.56. The van der Waals surface area contributed by atoms with Gasteiger partial charge in [-0.25, -0.2) is 4.79 Å². The van der Waals surface area contributed by atoms with E-state index in [1.807, 2.05) is 18.2 Å². The molecule has 0 bridgehead atoms. The van der Waals surface area contributed by atoms with Crippen molar-refractivity contribution in [3.8, 4) is 5.88 Å². The molecular formula is C27H36BrN7O3. The molecule has 0 unspecified atom stereocenters. The summed E-state index contributed by atoms with van der Waals surface area (Å²) in [5.41, 5.74) is 0.625. The third-order valence-electron chi connectivity index (χ3n) is 7.07. The predicted molar refractivity (Wildman–Crippen MR) is 154 cm³/mol. The van der Waals surface area contributed by atoms with Crippen LogP contribution >= 0.6 is 15.9 Å². The second-order valence-corrected chi connectivity index (χ2v) is 10.7. The van der Waals surface area contributed by atoms with Crippen LogP contribution in [0.25, 0.3) is 22.1 Å². The number of aryl methyl sites for hydroxylation is 3. The van der Waals surface area contributed by atoms with Gasteiger partial charge < -0.3 is 14.2 Å². The van der Waals surface area contributed by atoms with E-state index in [1.165, 1.54) is 49.5 Å². The molecule has 1 aromatic carbocycles. The lowest BCUT2D eigenvalue weighted by molar-refractivity contribution is 0.436. The Hall–Kier alpha value is -3.21. The number of aromatic amines is 1. The van der Waals surface area contributed by atoms with Gasteiger partial charge in [-0.3, -0.25) is 14.3 Å². The zero-order valence-electron chi connectivity index (χ0n) is 22.3. The van der Waals surface area contributed by atoms with Crippen molar-refractivity contribution in [2.24, 2.45) is 24.3 Å². The fourth-order valence-electron chi connectivity index (χ4n) is 4.85. The highest BCUT2D eigenvalue weighted by molar-refractivity contribution is 9.10. The summed E-state index contributed by atoms with van der Waals surface area (Å²) in [6, 6.07) is 5.64. The topological polar surface area (TPSA) is 123 Å². The van der Waals surface area contributed by atoms with Crippen LogP contribution in [0.3, 0.4) is 0 Å². The van der Waals surface area contributed by atoms with Crippen LogP contribution in [0, 0.1) is 0 Å². The first-order chi connectivity index (χ1) is 18.3. The summed E-state index contributed by atoms with van der Waals surface area (Å²) in [4.78, 5) is 31.8. The first-order valence-corrected chi connectivity index (χ1v) is 14.2. The van der Waals surface area contributed by atoms with Gasteiger partial charge in [-0.15, -0.1) is 10.2 Å². The predicted octanol–water partition coefficient (Wildman–Crippen LogP) is 6.72. The van der Waals surface area contributed by atoms with E-state index in [-0.39, 0.29) is 17.5 Å². The molecule has 0 aliphatic heterocycles. The molecule has 38 heavy (non-hydrogen) atoms. The van der Waals surface area contributed by atoms with E-state index in [1.54, 1.807) is 23.2 Å². The van der Waals surface area contributed by atoms with Gasteiger partial charge in [0.1, 0.15) is 0 Å². The first kappa shape index (κ1) is 27.8. The summed E-state index contributed by atoms with van der Waals surface area (Å²) < 4.78 is 5.51. The number of nitrogens with one attached hydrogen (secondary N) is 1. The first-order valence-electron chi connectivity index (χ1n) is 13.4. The Kier molecular flexibility index (Phi) is 9.19. The number of H-pyrrole nitrogens is 1. The van der Waals surface area contributed by atoms with Crippen molar-refractivity contribution in [2.75, 3.05) is 0 Å². The van der Waals surface area contributed by atoms with Crippen LogP contribution in [-0.4, -0.2) is 28.8 Å². The van der Waals surface area contributed by atoms with Gasteiger partial charge in [-0.1, -0.05) is 80.6 Å². The lowest BCUT2D eigenvalue weighted by atomic mass is 10.1. The lowest BCUT2D eigenvalue weighted by Crippen LogP contribution is -2.29. The number of aromatic hydroxyl groups is 1. The van der Waals surface area contributed by atoms with Crippen molar-refractivity contribution >= 4 is 49.6 Å². The molecule has 0 aliphatic carbocycles. The van der Waals surface area contributed by atoms with E-state index in [9.17, 15) is 14.7 Å². The molecule has 4 rings (SSSR count). The van der Waals surface area contributed by atoms with Crippen LogP contribution in [0.4, 0.5) is 11.6 Å². The molecular weight excluding hydrogens is 550 g/mol. The molecule has 204 valence electrons. The zero-order chi connectivity index (χ0) is 27.2. The number of hydrogen-bond acceptors (Lipinski definition) is 6. The average molecular weight is 587 g/mol. The number of unbranched alkanes of at least 4 members (excludes halogenated alkanes) is 9. The van der Waals surface area contributed by atoms with Crippen LogP contribution < -0.4 is 11.2 Å². The highest BCUT2D eigenvalue weighted by atomic mass is 79.9. The van der Waals surface area contributed by atoms with Crippen LogP contribution in [0.2, 0.25) is 0 Å². The van der Waals surface area contributed by atoms with Gasteiger partial charge in [0.15, 0.2) is 16.9 Å². The molecule has 0 aliphatic rings. The van der Waals surface area contributed by atoms with Crippen LogP contribution in [0.15, 0.2) is 42.5 Å². The van der Waals surface area contributed by atoms with Crippen LogP contribution in [0.5, 0.6) is 5.88 Å². The Labute approximate surface area is 229 Å². The number of hydrogen-bond donors (Lipinski definition) is 2. The molecule has 2 N–H and O–H groups in total. The second-order valence-electron chi connectivity index (χ2n) is 9.83. The molecule has 0 atom stereocenters. The fraction of sp³-hybridized carbons (Fsp3) is 0.519. The van der Waals surface area contributed by atoms with Gasteiger partial charge >= 0.3 is 5.69 Å². The molecule has 3 heterocycles. The molecule has 3 aromatic heterocycles. The summed E-state index contributed by atoms with van der Waals surface area (Å²) in [5.74, 6) is 0.193. The molecule has 0 amide bonds. The molecule has 11 heteroatoms. The van der Waals surface area contributed by atoms with Gasteiger partial charge in [0.25, 0.3) is 11.5 Å². The van der Waals surface area contributed by atoms with E-state index in [0.29, 0.717) is 17.7 Å². The summed E-state index contributed by atoms with van der Waals surface area (Å²) in [6.07, 6.45) is 12.0. The number of imidazole rings is 1. The Morgan fingerprint density at radius 1 is 0.947 bits per heavy atom. The second kappa shape index (κ2) is 12.6.